The number of carbonyl (C=O) groups excluding carboxylic acids is 1. The van der Waals surface area contributed by atoms with E-state index in [-0.39, 0.29) is 0 Å². The topological polar surface area (TPSA) is 65.4 Å². The lowest BCUT2D eigenvalue weighted by molar-refractivity contribution is 0.206. The lowest BCUT2D eigenvalue weighted by Crippen LogP contribution is -2.09. The van der Waals surface area contributed by atoms with Crippen LogP contribution in [0.1, 0.15) is 0 Å². The van der Waals surface area contributed by atoms with Gasteiger partial charge in [0.15, 0.2) is 0 Å². The summed E-state index contributed by atoms with van der Waals surface area (Å²) in [6, 6.07) is 3.16. The van der Waals surface area contributed by atoms with E-state index in [9.17, 15) is 13.2 Å². The van der Waals surface area contributed by atoms with Gasteiger partial charge in [0.25, 0.3) is 0 Å². The zero-order chi connectivity index (χ0) is 8.27. The molecule has 0 aromatic carbocycles. The Balaban J connectivity index is 2.71. The fourth-order valence-corrected chi connectivity index (χ4v) is 0.789. The predicted molar refractivity (Wildman–Crippen MR) is 36.6 cm³/mol. The summed E-state index contributed by atoms with van der Waals surface area (Å²) in [6.07, 6.45) is 1.86. The van der Waals surface area contributed by atoms with E-state index in [1.807, 2.05) is 0 Å². The van der Waals surface area contributed by atoms with E-state index in [4.69, 9.17) is 0 Å². The largest absolute Gasteiger partial charge is 0.433 e. The molecule has 0 fully saturated rings. The zero-order valence-electron chi connectivity index (χ0n) is 5.34. The predicted octanol–water partition coefficient (Wildman–Crippen LogP) is -0.000800. The summed E-state index contributed by atoms with van der Waals surface area (Å²) in [4.78, 5) is 10.7. The molecule has 5 nitrogen and oxygen atoms in total. The van der Waals surface area contributed by atoms with E-state index in [1.54, 1.807) is 12.1 Å². The van der Waals surface area contributed by atoms with Gasteiger partial charge in [0.2, 0.25) is 0 Å². The molecule has 6 heteroatoms. The molecule has 0 amide bonds. The Labute approximate surface area is 64.4 Å². The maximum absolute atomic E-state index is 10.7. The number of thiol groups is 1. The lowest BCUT2D eigenvalue weighted by Gasteiger charge is -1.94. The standard InChI is InChI=1S/C5H5NO4S/c7-5(10-11(8)9)6-3-1-2-4-6/h1-4,11H. The Kier molecular flexibility index (Phi) is 2.27. The Morgan fingerprint density at radius 3 is 2.27 bits per heavy atom. The Morgan fingerprint density at radius 2 is 1.82 bits per heavy atom. The first kappa shape index (κ1) is 7.80. The molecule has 0 spiro atoms. The van der Waals surface area contributed by atoms with E-state index >= 15 is 0 Å². The minimum atomic E-state index is -3.11. The van der Waals surface area contributed by atoms with Crippen molar-refractivity contribution in [2.75, 3.05) is 0 Å². The summed E-state index contributed by atoms with van der Waals surface area (Å²) in [5.41, 5.74) is 0. The second kappa shape index (κ2) is 3.20. The minimum Gasteiger partial charge on any atom is -0.329 e. The maximum atomic E-state index is 10.7. The molecule has 1 aromatic heterocycles. The highest BCUT2D eigenvalue weighted by molar-refractivity contribution is 7.67. The molecule has 0 atom stereocenters. The van der Waals surface area contributed by atoms with Crippen molar-refractivity contribution < 1.29 is 17.4 Å². The molecule has 60 valence electrons. The highest BCUT2D eigenvalue weighted by Crippen LogP contribution is 1.91. The number of hydrogen-bond acceptors (Lipinski definition) is 4. The van der Waals surface area contributed by atoms with Crippen LogP contribution in [0, 0.1) is 0 Å². The second-order valence-electron chi connectivity index (χ2n) is 1.67. The van der Waals surface area contributed by atoms with Crippen molar-refractivity contribution in [1.29, 1.82) is 0 Å². The molecule has 0 aliphatic carbocycles. The summed E-state index contributed by atoms with van der Waals surface area (Å²) < 4.78 is 24.7. The third kappa shape index (κ3) is 2.08. The van der Waals surface area contributed by atoms with E-state index < -0.39 is 17.1 Å². The molecule has 0 N–H and O–H groups in total. The van der Waals surface area contributed by atoms with Gasteiger partial charge in [0, 0.05) is 12.4 Å². The van der Waals surface area contributed by atoms with Gasteiger partial charge in [-0.1, -0.05) is 0 Å². The summed E-state index contributed by atoms with van der Waals surface area (Å²) in [6.45, 7) is 0. The van der Waals surface area contributed by atoms with E-state index in [1.165, 1.54) is 12.4 Å². The van der Waals surface area contributed by atoms with Crippen molar-refractivity contribution in [3.8, 4) is 0 Å². The van der Waals surface area contributed by atoms with Crippen LogP contribution in [0.4, 0.5) is 4.79 Å². The van der Waals surface area contributed by atoms with Gasteiger partial charge >= 0.3 is 17.1 Å². The molecule has 0 bridgehead atoms. The van der Waals surface area contributed by atoms with Gasteiger partial charge in [-0.25, -0.2) is 4.79 Å². The van der Waals surface area contributed by atoms with Gasteiger partial charge in [-0.3, -0.25) is 4.57 Å². The quantitative estimate of drug-likeness (QED) is 0.610. The SMILES string of the molecule is O=C(O[SH](=O)=O)n1cccc1. The second-order valence-corrected chi connectivity index (χ2v) is 2.30. The average Bonchev–Trinajstić information content (AvgIpc) is 2.35. The van der Waals surface area contributed by atoms with Crippen LogP contribution in [0.15, 0.2) is 24.5 Å². The van der Waals surface area contributed by atoms with Crippen molar-refractivity contribution in [3.05, 3.63) is 24.5 Å². The molecule has 0 saturated carbocycles. The highest BCUT2D eigenvalue weighted by Gasteiger charge is 2.03. The van der Waals surface area contributed by atoms with Crippen molar-refractivity contribution in [2.24, 2.45) is 0 Å². The van der Waals surface area contributed by atoms with E-state index in [2.05, 4.69) is 4.18 Å². The van der Waals surface area contributed by atoms with Crippen LogP contribution in [-0.4, -0.2) is 19.1 Å². The number of rotatable bonds is 1. The number of nitrogens with zero attached hydrogens (tertiary/aromatic N) is 1. The maximum Gasteiger partial charge on any atom is 0.433 e. The first-order chi connectivity index (χ1) is 5.20. The van der Waals surface area contributed by atoms with Crippen molar-refractivity contribution in [1.82, 2.24) is 4.57 Å². The minimum absolute atomic E-state index is 0.925. The number of aromatic nitrogens is 1. The average molecular weight is 175 g/mol. The van der Waals surface area contributed by atoms with Crippen LogP contribution >= 0.6 is 0 Å². The third-order valence-electron chi connectivity index (χ3n) is 0.968. The van der Waals surface area contributed by atoms with Gasteiger partial charge in [-0.15, -0.1) is 0 Å². The number of carbonyl (C=O) groups is 1. The normalized spacial score (nSPS) is 9.91. The van der Waals surface area contributed by atoms with Crippen molar-refractivity contribution in [2.45, 2.75) is 0 Å². The Morgan fingerprint density at radius 1 is 1.27 bits per heavy atom. The first-order valence-electron chi connectivity index (χ1n) is 2.70. The summed E-state index contributed by atoms with van der Waals surface area (Å²) in [5.74, 6) is 0. The number of hydrogen-bond donors (Lipinski definition) is 1. The molecule has 11 heavy (non-hydrogen) atoms. The van der Waals surface area contributed by atoms with Crippen LogP contribution in [0.5, 0.6) is 0 Å². The molecule has 0 aliphatic rings. The molecular weight excluding hydrogens is 170 g/mol. The molecule has 1 aromatic rings. The summed E-state index contributed by atoms with van der Waals surface area (Å²) in [7, 11) is -3.11. The van der Waals surface area contributed by atoms with Gasteiger partial charge in [0.1, 0.15) is 0 Å². The van der Waals surface area contributed by atoms with Crippen LogP contribution in [-0.2, 0) is 15.2 Å². The molecule has 0 unspecified atom stereocenters. The van der Waals surface area contributed by atoms with Crippen LogP contribution < -0.4 is 0 Å². The zero-order valence-corrected chi connectivity index (χ0v) is 6.23. The van der Waals surface area contributed by atoms with Gasteiger partial charge in [-0.2, -0.15) is 8.42 Å². The smallest absolute Gasteiger partial charge is 0.329 e. The van der Waals surface area contributed by atoms with Gasteiger partial charge < -0.3 is 4.18 Å². The van der Waals surface area contributed by atoms with Crippen molar-refractivity contribution >= 4 is 17.1 Å². The molecule has 0 aliphatic heterocycles. The van der Waals surface area contributed by atoms with E-state index in [0.29, 0.717) is 0 Å². The fraction of sp³-hybridized carbons (Fsp3) is 0. The molecule has 1 rings (SSSR count). The van der Waals surface area contributed by atoms with E-state index in [0.717, 1.165) is 4.57 Å². The van der Waals surface area contributed by atoms with Gasteiger partial charge in [0.05, 0.1) is 0 Å². The Bertz CT molecular complexity index is 305. The Hall–Kier alpha value is -1.30. The monoisotopic (exact) mass is 175 g/mol. The highest BCUT2D eigenvalue weighted by atomic mass is 32.2. The van der Waals surface area contributed by atoms with Gasteiger partial charge in [-0.05, 0) is 12.1 Å². The first-order valence-corrected chi connectivity index (χ1v) is 3.79. The van der Waals surface area contributed by atoms with Crippen LogP contribution in [0.2, 0.25) is 0 Å². The summed E-state index contributed by atoms with van der Waals surface area (Å²) in [5, 5.41) is 0. The summed E-state index contributed by atoms with van der Waals surface area (Å²) >= 11 is 0. The van der Waals surface area contributed by atoms with Crippen molar-refractivity contribution in [3.63, 3.8) is 0 Å². The van der Waals surface area contributed by atoms with Crippen LogP contribution in [0.25, 0.3) is 0 Å². The molecule has 1 heterocycles. The third-order valence-corrected chi connectivity index (χ3v) is 1.27. The fourth-order valence-electron chi connectivity index (χ4n) is 0.567. The molecule has 0 radical (unpaired) electrons. The molecule has 0 saturated heterocycles. The van der Waals surface area contributed by atoms with Crippen LogP contribution in [0.3, 0.4) is 0 Å². The lowest BCUT2D eigenvalue weighted by atomic mass is 10.7. The molecular formula is C5H5NO4S.